The Balaban J connectivity index is 2.38. The van der Waals surface area contributed by atoms with Crippen molar-refractivity contribution in [2.45, 2.75) is 20.8 Å². The van der Waals surface area contributed by atoms with E-state index >= 15 is 0 Å². The molecular weight excluding hydrogens is 372 g/mol. The number of benzene rings is 2. The summed E-state index contributed by atoms with van der Waals surface area (Å²) in [5.41, 5.74) is 2.75. The molecule has 2 N–H and O–H groups in total. The molecular formula is C22H22N2O5. The van der Waals surface area contributed by atoms with Gasteiger partial charge in [0.1, 0.15) is 11.6 Å². The van der Waals surface area contributed by atoms with Crippen LogP contribution in [0.1, 0.15) is 23.6 Å². The summed E-state index contributed by atoms with van der Waals surface area (Å²) in [6.45, 7) is 5.35. The molecule has 0 heterocycles. The number of ether oxygens (including phenoxy) is 2. The molecule has 0 aliphatic carbocycles. The third-order valence-electron chi connectivity index (χ3n) is 3.94. The van der Waals surface area contributed by atoms with Crippen LogP contribution in [0.25, 0.3) is 6.08 Å². The molecule has 2 rings (SSSR count). The molecule has 1 amide bonds. The number of hydrogen-bond donors (Lipinski definition) is 2. The van der Waals surface area contributed by atoms with Gasteiger partial charge in [-0.15, -0.1) is 0 Å². The number of carbonyl (C=O) groups excluding carboxylic acids is 1. The van der Waals surface area contributed by atoms with Crippen molar-refractivity contribution in [2.75, 3.05) is 18.5 Å². The molecule has 0 fully saturated rings. The average molecular weight is 394 g/mol. The Morgan fingerprint density at radius 1 is 1.21 bits per heavy atom. The molecule has 0 atom stereocenters. The van der Waals surface area contributed by atoms with E-state index in [0.717, 1.165) is 11.1 Å². The zero-order chi connectivity index (χ0) is 21.4. The Bertz CT molecular complexity index is 989. The number of anilines is 1. The number of para-hydroxylation sites is 1. The molecule has 7 heteroatoms. The first-order valence-corrected chi connectivity index (χ1v) is 8.96. The van der Waals surface area contributed by atoms with E-state index in [2.05, 4.69) is 5.32 Å². The lowest BCUT2D eigenvalue weighted by Crippen LogP contribution is -2.15. The van der Waals surface area contributed by atoms with Crippen LogP contribution in [0.15, 0.2) is 42.0 Å². The van der Waals surface area contributed by atoms with E-state index in [9.17, 15) is 14.9 Å². The molecule has 0 unspecified atom stereocenters. The van der Waals surface area contributed by atoms with Gasteiger partial charge in [-0.3, -0.25) is 4.79 Å². The van der Waals surface area contributed by atoms with E-state index in [-0.39, 0.29) is 11.3 Å². The van der Waals surface area contributed by atoms with Crippen LogP contribution in [0.5, 0.6) is 11.5 Å². The molecule has 2 aromatic rings. The Labute approximate surface area is 169 Å². The van der Waals surface area contributed by atoms with Crippen molar-refractivity contribution in [1.82, 2.24) is 0 Å². The SMILES string of the molecule is CCOc1cccc(/C=C(/C#N)C(=O)Nc2ccc(C)cc2C)c1OCC(=O)O. The molecule has 0 aliphatic heterocycles. The van der Waals surface area contributed by atoms with Crippen LogP contribution in [0, 0.1) is 25.2 Å². The molecule has 0 spiro atoms. The summed E-state index contributed by atoms with van der Waals surface area (Å²) in [6, 6.07) is 12.3. The van der Waals surface area contributed by atoms with E-state index in [4.69, 9.17) is 14.6 Å². The Hall–Kier alpha value is -3.79. The third kappa shape index (κ3) is 5.84. The first-order valence-electron chi connectivity index (χ1n) is 8.96. The number of aryl methyl sites for hydroxylation is 2. The van der Waals surface area contributed by atoms with Gasteiger partial charge in [0.2, 0.25) is 0 Å². The molecule has 2 aromatic carbocycles. The van der Waals surface area contributed by atoms with E-state index in [1.54, 1.807) is 31.2 Å². The maximum atomic E-state index is 12.6. The Kier molecular flexibility index (Phi) is 7.38. The predicted molar refractivity (Wildman–Crippen MR) is 109 cm³/mol. The average Bonchev–Trinajstić information content (AvgIpc) is 2.67. The van der Waals surface area contributed by atoms with E-state index < -0.39 is 18.5 Å². The van der Waals surface area contributed by atoms with Gasteiger partial charge in [0.05, 0.1) is 6.61 Å². The van der Waals surface area contributed by atoms with Gasteiger partial charge in [-0.1, -0.05) is 29.8 Å². The first kappa shape index (κ1) is 21.5. The van der Waals surface area contributed by atoms with Gasteiger partial charge in [-0.2, -0.15) is 5.26 Å². The summed E-state index contributed by atoms with van der Waals surface area (Å²) >= 11 is 0. The Morgan fingerprint density at radius 3 is 2.59 bits per heavy atom. The van der Waals surface area contributed by atoms with Gasteiger partial charge in [-0.25, -0.2) is 4.79 Å². The topological polar surface area (TPSA) is 109 Å². The highest BCUT2D eigenvalue weighted by Crippen LogP contribution is 2.33. The van der Waals surface area contributed by atoms with Crippen molar-refractivity contribution in [3.05, 3.63) is 58.7 Å². The van der Waals surface area contributed by atoms with Gasteiger partial charge in [0.25, 0.3) is 5.91 Å². The summed E-state index contributed by atoms with van der Waals surface area (Å²) in [5, 5.41) is 21.1. The van der Waals surface area contributed by atoms with Crippen molar-refractivity contribution in [3.63, 3.8) is 0 Å². The lowest BCUT2D eigenvalue weighted by atomic mass is 10.1. The minimum atomic E-state index is -1.15. The van der Waals surface area contributed by atoms with E-state index in [0.29, 0.717) is 23.6 Å². The van der Waals surface area contributed by atoms with Gasteiger partial charge < -0.3 is 19.9 Å². The fourth-order valence-electron chi connectivity index (χ4n) is 2.65. The number of amides is 1. The summed E-state index contributed by atoms with van der Waals surface area (Å²) in [7, 11) is 0. The number of carboxylic acid groups (broad SMARTS) is 1. The van der Waals surface area contributed by atoms with Crippen molar-refractivity contribution in [3.8, 4) is 17.6 Å². The molecule has 0 bridgehead atoms. The maximum absolute atomic E-state index is 12.6. The second-order valence-electron chi connectivity index (χ2n) is 6.23. The van der Waals surface area contributed by atoms with Crippen molar-refractivity contribution >= 4 is 23.6 Å². The minimum Gasteiger partial charge on any atom is -0.490 e. The smallest absolute Gasteiger partial charge is 0.341 e. The predicted octanol–water partition coefficient (Wildman–Crippen LogP) is 3.71. The summed E-state index contributed by atoms with van der Waals surface area (Å²) in [4.78, 5) is 23.5. The van der Waals surface area contributed by atoms with Crippen molar-refractivity contribution in [1.29, 1.82) is 5.26 Å². The molecule has 0 saturated heterocycles. The minimum absolute atomic E-state index is 0.154. The number of nitrogens with zero attached hydrogens (tertiary/aromatic N) is 1. The third-order valence-corrected chi connectivity index (χ3v) is 3.94. The number of nitriles is 1. The van der Waals surface area contributed by atoms with Gasteiger partial charge in [-0.05, 0) is 44.5 Å². The van der Waals surface area contributed by atoms with Crippen LogP contribution in [0.4, 0.5) is 5.69 Å². The quantitative estimate of drug-likeness (QED) is 0.522. The maximum Gasteiger partial charge on any atom is 0.341 e. The zero-order valence-electron chi connectivity index (χ0n) is 16.5. The number of aliphatic carboxylic acids is 1. The largest absolute Gasteiger partial charge is 0.490 e. The standard InChI is InChI=1S/C22H22N2O5/c1-4-28-19-7-5-6-16(21(19)29-13-20(25)26)11-17(12-23)22(27)24-18-9-8-14(2)10-15(18)3/h5-11H,4,13H2,1-3H3,(H,24,27)(H,25,26)/b17-11-. The molecule has 0 radical (unpaired) electrons. The van der Waals surface area contributed by atoms with Crippen LogP contribution in [0.3, 0.4) is 0 Å². The summed E-state index contributed by atoms with van der Waals surface area (Å²) in [5.74, 6) is -1.25. The van der Waals surface area contributed by atoms with Crippen LogP contribution >= 0.6 is 0 Å². The molecule has 0 aliphatic rings. The van der Waals surface area contributed by atoms with Crippen molar-refractivity contribution in [2.24, 2.45) is 0 Å². The van der Waals surface area contributed by atoms with Crippen LogP contribution in [0.2, 0.25) is 0 Å². The van der Waals surface area contributed by atoms with Crippen LogP contribution in [-0.4, -0.2) is 30.2 Å². The van der Waals surface area contributed by atoms with Gasteiger partial charge in [0.15, 0.2) is 18.1 Å². The number of nitrogens with one attached hydrogen (secondary N) is 1. The fraction of sp³-hybridized carbons (Fsp3) is 0.227. The van der Waals surface area contributed by atoms with Crippen LogP contribution < -0.4 is 14.8 Å². The Morgan fingerprint density at radius 2 is 1.97 bits per heavy atom. The first-order chi connectivity index (χ1) is 13.8. The molecule has 29 heavy (non-hydrogen) atoms. The number of hydrogen-bond acceptors (Lipinski definition) is 5. The highest BCUT2D eigenvalue weighted by Gasteiger charge is 2.16. The zero-order valence-corrected chi connectivity index (χ0v) is 16.5. The summed E-state index contributed by atoms with van der Waals surface area (Å²) < 4.78 is 10.8. The normalized spacial score (nSPS) is 10.8. The number of rotatable bonds is 8. The molecule has 0 saturated carbocycles. The highest BCUT2D eigenvalue weighted by atomic mass is 16.5. The lowest BCUT2D eigenvalue weighted by Gasteiger charge is -2.13. The van der Waals surface area contributed by atoms with Gasteiger partial charge >= 0.3 is 5.97 Å². The van der Waals surface area contributed by atoms with Crippen LogP contribution in [-0.2, 0) is 9.59 Å². The lowest BCUT2D eigenvalue weighted by molar-refractivity contribution is -0.139. The van der Waals surface area contributed by atoms with E-state index in [1.165, 1.54) is 6.08 Å². The molecule has 7 nitrogen and oxygen atoms in total. The number of carboxylic acids is 1. The second kappa shape index (κ2) is 9.95. The summed E-state index contributed by atoms with van der Waals surface area (Å²) in [6.07, 6.45) is 1.35. The van der Waals surface area contributed by atoms with E-state index in [1.807, 2.05) is 32.0 Å². The van der Waals surface area contributed by atoms with Crippen molar-refractivity contribution < 1.29 is 24.2 Å². The monoisotopic (exact) mass is 394 g/mol. The van der Waals surface area contributed by atoms with Gasteiger partial charge in [0, 0.05) is 11.3 Å². The number of carbonyl (C=O) groups is 2. The second-order valence-corrected chi connectivity index (χ2v) is 6.23. The molecule has 150 valence electrons. The fourth-order valence-corrected chi connectivity index (χ4v) is 2.65. The molecule has 0 aromatic heterocycles. The highest BCUT2D eigenvalue weighted by molar-refractivity contribution is 6.10.